The first-order valence-corrected chi connectivity index (χ1v) is 11.8. The van der Waals surface area contributed by atoms with E-state index in [9.17, 15) is 31.5 Å². The van der Waals surface area contributed by atoms with Gasteiger partial charge in [0, 0.05) is 26.2 Å². The van der Waals surface area contributed by atoms with Crippen LogP contribution in [-0.2, 0) is 24.5 Å². The molecule has 160 valence electrons. The van der Waals surface area contributed by atoms with E-state index in [1.165, 1.54) is 46.4 Å². The Balaban J connectivity index is 1.99. The largest absolute Gasteiger partial charge is 0.332 e. The Morgan fingerprint density at radius 2 is 1.97 bits per heavy atom. The SMILES string of the molecule is CN(C)N1CC(=NOS(=O)(=O)CC=Cc2ccc([N+](=O)[O-])cc2)SC1S(=O)(=O)O. The Labute approximate surface area is 171 Å². The number of non-ortho nitro benzene ring substituents is 1. The normalized spacial score (nSPS) is 20.0. The molecule has 0 spiro atoms. The Hall–Kier alpha value is -2.04. The zero-order valence-electron chi connectivity index (χ0n) is 15.3. The van der Waals surface area contributed by atoms with Gasteiger partial charge in [0.15, 0.2) is 0 Å². The third-order valence-corrected chi connectivity index (χ3v) is 7.11. The van der Waals surface area contributed by atoms with Crippen molar-refractivity contribution in [2.45, 2.75) is 4.71 Å². The van der Waals surface area contributed by atoms with Crippen molar-refractivity contribution in [2.75, 3.05) is 26.4 Å². The molecule has 12 nitrogen and oxygen atoms in total. The number of rotatable bonds is 8. The van der Waals surface area contributed by atoms with Crippen molar-refractivity contribution in [2.24, 2.45) is 5.16 Å². The van der Waals surface area contributed by atoms with Crippen LogP contribution in [0.3, 0.4) is 0 Å². The fourth-order valence-electron chi connectivity index (χ4n) is 2.16. The van der Waals surface area contributed by atoms with E-state index in [0.29, 0.717) is 17.3 Å². The number of nitrogens with zero attached hydrogens (tertiary/aromatic N) is 4. The molecule has 1 N–H and O–H groups in total. The first kappa shape index (κ1) is 23.2. The monoisotopic (exact) mass is 466 g/mol. The van der Waals surface area contributed by atoms with Crippen LogP contribution in [0, 0.1) is 10.1 Å². The van der Waals surface area contributed by atoms with Gasteiger partial charge in [-0.05, 0) is 17.7 Å². The van der Waals surface area contributed by atoms with Gasteiger partial charge in [-0.3, -0.25) is 19.0 Å². The van der Waals surface area contributed by atoms with Gasteiger partial charge in [-0.1, -0.05) is 29.1 Å². The van der Waals surface area contributed by atoms with Crippen LogP contribution in [-0.4, -0.2) is 72.5 Å². The quantitative estimate of drug-likeness (QED) is 0.330. The molecule has 1 atom stereocenters. The number of nitro benzene ring substituents is 1. The molecule has 1 aliphatic heterocycles. The van der Waals surface area contributed by atoms with Crippen LogP contribution in [0.25, 0.3) is 6.08 Å². The Morgan fingerprint density at radius 1 is 1.34 bits per heavy atom. The van der Waals surface area contributed by atoms with Gasteiger partial charge in [-0.25, -0.2) is 10.0 Å². The number of benzene rings is 1. The van der Waals surface area contributed by atoms with E-state index >= 15 is 0 Å². The Kier molecular flexibility index (Phi) is 7.36. The number of hydrogen-bond acceptors (Lipinski definition) is 11. The van der Waals surface area contributed by atoms with Crippen LogP contribution in [0.4, 0.5) is 5.69 Å². The van der Waals surface area contributed by atoms with Crippen LogP contribution in [0.1, 0.15) is 5.56 Å². The summed E-state index contributed by atoms with van der Waals surface area (Å²) in [7, 11) is -5.40. The zero-order valence-corrected chi connectivity index (χ0v) is 17.7. The average Bonchev–Trinajstić information content (AvgIpc) is 3.06. The molecular weight excluding hydrogens is 448 g/mol. The molecule has 15 heteroatoms. The molecule has 0 aliphatic carbocycles. The maximum atomic E-state index is 11.9. The van der Waals surface area contributed by atoms with Gasteiger partial charge >= 0.3 is 10.1 Å². The van der Waals surface area contributed by atoms with Gasteiger partial charge < -0.3 is 0 Å². The van der Waals surface area contributed by atoms with Crippen molar-refractivity contribution in [1.82, 2.24) is 10.0 Å². The summed E-state index contributed by atoms with van der Waals surface area (Å²) in [5.74, 6) is -0.523. The van der Waals surface area contributed by atoms with Gasteiger partial charge in [-0.15, -0.1) is 0 Å². The second kappa shape index (κ2) is 9.19. The highest BCUT2D eigenvalue weighted by Crippen LogP contribution is 2.30. The highest BCUT2D eigenvalue weighted by molar-refractivity contribution is 8.22. The minimum atomic E-state index is -4.43. The standard InChI is InChI=1S/C14H18N4O8S3/c1-16(2)17-10-13(27-14(17)29(23,24)25)15-26-28(21,22)9-3-4-11-5-7-12(8-6-11)18(19)20/h3-8,14H,9-10H2,1-2H3,(H,23,24,25). The molecule has 0 aromatic heterocycles. The molecule has 2 rings (SSSR count). The van der Waals surface area contributed by atoms with Crippen LogP contribution in [0.2, 0.25) is 0 Å². The predicted molar refractivity (Wildman–Crippen MR) is 108 cm³/mol. The lowest BCUT2D eigenvalue weighted by Gasteiger charge is -2.26. The molecule has 0 radical (unpaired) electrons. The van der Waals surface area contributed by atoms with Gasteiger partial charge in [-0.2, -0.15) is 16.8 Å². The summed E-state index contributed by atoms with van der Waals surface area (Å²) in [6, 6.07) is 5.50. The van der Waals surface area contributed by atoms with E-state index in [-0.39, 0.29) is 17.3 Å². The Bertz CT molecular complexity index is 1020. The summed E-state index contributed by atoms with van der Waals surface area (Å²) in [4.78, 5) is 10.1. The first-order valence-electron chi connectivity index (χ1n) is 7.85. The van der Waals surface area contributed by atoms with E-state index in [4.69, 9.17) is 0 Å². The van der Waals surface area contributed by atoms with Crippen molar-refractivity contribution in [3.8, 4) is 0 Å². The third-order valence-electron chi connectivity index (χ3n) is 3.51. The first-order chi connectivity index (χ1) is 13.4. The summed E-state index contributed by atoms with van der Waals surface area (Å²) in [6.45, 7) is -0.0592. The molecule has 1 heterocycles. The molecule has 1 aromatic rings. The molecule has 1 saturated heterocycles. The van der Waals surface area contributed by atoms with E-state index in [0.717, 1.165) is 0 Å². The zero-order chi connectivity index (χ0) is 21.8. The second-order valence-corrected chi connectivity index (χ2v) is 10.4. The van der Waals surface area contributed by atoms with Gasteiger partial charge in [0.2, 0.25) is 4.71 Å². The summed E-state index contributed by atoms with van der Waals surface area (Å²) in [5, 5.41) is 16.8. The maximum Gasteiger partial charge on any atom is 0.332 e. The number of oxime groups is 1. The van der Waals surface area contributed by atoms with Crippen LogP contribution in [0.5, 0.6) is 0 Å². The second-order valence-electron chi connectivity index (χ2n) is 5.92. The molecular formula is C14H18N4O8S3. The minimum absolute atomic E-state index is 0.0592. The summed E-state index contributed by atoms with van der Waals surface area (Å²) in [5.41, 5.74) is 0.471. The van der Waals surface area contributed by atoms with Crippen molar-refractivity contribution >= 4 is 48.8 Å². The number of thioether (sulfide) groups is 1. The molecule has 1 fully saturated rings. The topological polar surface area (TPSA) is 160 Å². The molecule has 0 amide bonds. The van der Waals surface area contributed by atoms with Gasteiger partial charge in [0.25, 0.3) is 15.8 Å². The summed E-state index contributed by atoms with van der Waals surface area (Å²) in [6.07, 6.45) is 2.73. The average molecular weight is 467 g/mol. The molecule has 1 unspecified atom stereocenters. The minimum Gasteiger partial charge on any atom is -0.284 e. The third kappa shape index (κ3) is 6.76. The smallest absolute Gasteiger partial charge is 0.284 e. The lowest BCUT2D eigenvalue weighted by Crippen LogP contribution is -2.43. The van der Waals surface area contributed by atoms with Crippen molar-refractivity contribution in [1.29, 1.82) is 0 Å². The number of hydrazine groups is 1. The van der Waals surface area contributed by atoms with Crippen LogP contribution >= 0.6 is 11.8 Å². The maximum absolute atomic E-state index is 11.9. The van der Waals surface area contributed by atoms with Gasteiger partial charge in [0.05, 0.1) is 11.5 Å². The van der Waals surface area contributed by atoms with Crippen molar-refractivity contribution < 1.29 is 30.6 Å². The van der Waals surface area contributed by atoms with Gasteiger partial charge in [0.1, 0.15) is 10.8 Å². The van der Waals surface area contributed by atoms with Crippen molar-refractivity contribution in [3.63, 3.8) is 0 Å². The van der Waals surface area contributed by atoms with E-state index in [1.807, 2.05) is 0 Å². The fourth-order valence-corrected chi connectivity index (χ4v) is 5.10. The Morgan fingerprint density at radius 3 is 2.45 bits per heavy atom. The van der Waals surface area contributed by atoms with E-state index in [1.54, 1.807) is 14.1 Å². The summed E-state index contributed by atoms with van der Waals surface area (Å²) < 4.78 is 59.2. The summed E-state index contributed by atoms with van der Waals surface area (Å²) >= 11 is 0.653. The van der Waals surface area contributed by atoms with E-state index < -0.39 is 35.6 Å². The van der Waals surface area contributed by atoms with Crippen LogP contribution in [0.15, 0.2) is 35.5 Å². The predicted octanol–water partition coefficient (Wildman–Crippen LogP) is 0.965. The van der Waals surface area contributed by atoms with Crippen LogP contribution < -0.4 is 0 Å². The fraction of sp³-hybridized carbons (Fsp3) is 0.357. The molecule has 1 aromatic carbocycles. The lowest BCUT2D eigenvalue weighted by molar-refractivity contribution is -0.384. The number of nitro groups is 1. The number of hydrogen-bond donors (Lipinski definition) is 1. The molecule has 29 heavy (non-hydrogen) atoms. The molecule has 1 aliphatic rings. The highest BCUT2D eigenvalue weighted by atomic mass is 32.3. The highest BCUT2D eigenvalue weighted by Gasteiger charge is 2.41. The molecule has 0 saturated carbocycles. The van der Waals surface area contributed by atoms with Crippen molar-refractivity contribution in [3.05, 3.63) is 46.0 Å². The lowest BCUT2D eigenvalue weighted by atomic mass is 10.2. The molecule has 0 bridgehead atoms. The van der Waals surface area contributed by atoms with E-state index in [2.05, 4.69) is 9.44 Å².